The van der Waals surface area contributed by atoms with Crippen molar-refractivity contribution in [2.24, 2.45) is 5.92 Å². The number of hydrogen-bond donors (Lipinski definition) is 0. The number of amides is 1. The first-order valence-corrected chi connectivity index (χ1v) is 9.85. The number of fused-ring (bicyclic) bond motifs is 1. The van der Waals surface area contributed by atoms with Crippen molar-refractivity contribution < 1.29 is 14.3 Å². The number of carbonyl (C=O) groups excluding carboxylic acids is 1. The van der Waals surface area contributed by atoms with Crippen molar-refractivity contribution in [3.8, 4) is 11.5 Å². The van der Waals surface area contributed by atoms with Gasteiger partial charge >= 0.3 is 0 Å². The van der Waals surface area contributed by atoms with E-state index >= 15 is 0 Å². The molecule has 2 aromatic rings. The summed E-state index contributed by atoms with van der Waals surface area (Å²) in [5, 5.41) is 5.04. The third-order valence-corrected chi connectivity index (χ3v) is 4.94. The van der Waals surface area contributed by atoms with Crippen molar-refractivity contribution in [2.45, 2.75) is 40.8 Å². The Morgan fingerprint density at radius 3 is 2.82 bits per heavy atom. The molecule has 3 rings (SSSR count). The van der Waals surface area contributed by atoms with Gasteiger partial charge in [-0.05, 0) is 43.5 Å². The van der Waals surface area contributed by atoms with E-state index in [0.29, 0.717) is 24.2 Å². The Bertz CT molecular complexity index is 889. The van der Waals surface area contributed by atoms with Crippen LogP contribution in [-0.4, -0.2) is 33.9 Å². The molecular weight excluding hydrogens is 378 g/mol. The molecule has 0 bridgehead atoms. The lowest BCUT2D eigenvalue weighted by Crippen LogP contribution is -2.28. The van der Waals surface area contributed by atoms with E-state index in [2.05, 4.69) is 18.9 Å². The SMILES string of the molecule is CCN(Cc1ccc2c(c1)OCO2)C(=O)/C=C/c1c(C)nn(CC(C)C)c1Cl. The Labute approximate surface area is 170 Å². The van der Waals surface area contributed by atoms with Gasteiger partial charge in [-0.25, -0.2) is 0 Å². The zero-order chi connectivity index (χ0) is 20.3. The molecule has 0 saturated carbocycles. The van der Waals surface area contributed by atoms with Gasteiger partial charge in [0, 0.05) is 31.3 Å². The second kappa shape index (κ2) is 8.69. The van der Waals surface area contributed by atoms with Crippen molar-refractivity contribution >= 4 is 23.6 Å². The highest BCUT2D eigenvalue weighted by molar-refractivity contribution is 6.31. The molecule has 0 atom stereocenters. The molecule has 1 aromatic carbocycles. The van der Waals surface area contributed by atoms with Crippen molar-refractivity contribution in [3.05, 3.63) is 46.2 Å². The molecule has 1 amide bonds. The van der Waals surface area contributed by atoms with E-state index in [0.717, 1.165) is 34.9 Å². The number of benzene rings is 1. The molecule has 0 unspecified atom stereocenters. The van der Waals surface area contributed by atoms with Crippen LogP contribution in [0.3, 0.4) is 0 Å². The van der Waals surface area contributed by atoms with Gasteiger partial charge in [-0.1, -0.05) is 31.5 Å². The molecule has 0 fully saturated rings. The smallest absolute Gasteiger partial charge is 0.246 e. The number of halogens is 1. The Hall–Kier alpha value is -2.47. The van der Waals surface area contributed by atoms with Crippen molar-refractivity contribution in [3.63, 3.8) is 0 Å². The summed E-state index contributed by atoms with van der Waals surface area (Å²) in [5.41, 5.74) is 2.59. The van der Waals surface area contributed by atoms with Crippen LogP contribution in [-0.2, 0) is 17.9 Å². The molecule has 0 saturated heterocycles. The molecule has 7 heteroatoms. The standard InChI is InChI=1S/C21H26ClN3O3/c1-5-24(12-16-6-8-18-19(10-16)28-13-27-18)20(26)9-7-17-15(4)23-25(21(17)22)11-14(2)3/h6-10,14H,5,11-13H2,1-4H3/b9-7+. The number of aryl methyl sites for hydroxylation is 1. The highest BCUT2D eigenvalue weighted by Gasteiger charge is 2.17. The fourth-order valence-electron chi connectivity index (χ4n) is 3.09. The quantitative estimate of drug-likeness (QED) is 0.647. The number of nitrogens with zero attached hydrogens (tertiary/aromatic N) is 3. The molecule has 0 N–H and O–H groups in total. The number of rotatable bonds is 7. The first kappa shape index (κ1) is 20.3. The summed E-state index contributed by atoms with van der Waals surface area (Å²) in [5.74, 6) is 1.82. The molecule has 28 heavy (non-hydrogen) atoms. The van der Waals surface area contributed by atoms with Crippen LogP contribution >= 0.6 is 11.6 Å². The summed E-state index contributed by atoms with van der Waals surface area (Å²) in [6.07, 6.45) is 3.32. The second-order valence-corrected chi connectivity index (χ2v) is 7.60. The molecule has 1 aromatic heterocycles. The first-order chi connectivity index (χ1) is 13.4. The summed E-state index contributed by atoms with van der Waals surface area (Å²) in [6, 6.07) is 5.74. The van der Waals surface area contributed by atoms with E-state index in [1.807, 2.05) is 32.0 Å². The maximum Gasteiger partial charge on any atom is 0.246 e. The third-order valence-electron chi connectivity index (χ3n) is 4.54. The molecule has 0 radical (unpaired) electrons. The zero-order valence-corrected chi connectivity index (χ0v) is 17.5. The van der Waals surface area contributed by atoms with Gasteiger partial charge in [0.15, 0.2) is 11.5 Å². The van der Waals surface area contributed by atoms with Crippen LogP contribution in [0.15, 0.2) is 24.3 Å². The molecule has 0 aliphatic carbocycles. The van der Waals surface area contributed by atoms with Crippen LogP contribution in [0.25, 0.3) is 6.08 Å². The minimum atomic E-state index is -0.0766. The van der Waals surface area contributed by atoms with Crippen molar-refractivity contribution in [1.29, 1.82) is 0 Å². The fraction of sp³-hybridized carbons (Fsp3) is 0.429. The van der Waals surface area contributed by atoms with Gasteiger partial charge in [0.25, 0.3) is 0 Å². The molecule has 0 spiro atoms. The van der Waals surface area contributed by atoms with E-state index in [9.17, 15) is 4.79 Å². The highest BCUT2D eigenvalue weighted by atomic mass is 35.5. The molecule has 1 aliphatic rings. The minimum absolute atomic E-state index is 0.0766. The average molecular weight is 404 g/mol. The maximum absolute atomic E-state index is 12.7. The lowest BCUT2D eigenvalue weighted by atomic mass is 10.2. The minimum Gasteiger partial charge on any atom is -0.454 e. The van der Waals surface area contributed by atoms with Crippen molar-refractivity contribution in [2.75, 3.05) is 13.3 Å². The third kappa shape index (κ3) is 4.50. The average Bonchev–Trinajstić information content (AvgIpc) is 3.22. The first-order valence-electron chi connectivity index (χ1n) is 9.47. The van der Waals surface area contributed by atoms with E-state index in [4.69, 9.17) is 21.1 Å². The topological polar surface area (TPSA) is 56.6 Å². The summed E-state index contributed by atoms with van der Waals surface area (Å²) >= 11 is 6.45. The van der Waals surface area contributed by atoms with Crippen LogP contribution < -0.4 is 9.47 Å². The van der Waals surface area contributed by atoms with E-state index in [-0.39, 0.29) is 12.7 Å². The Kier molecular flexibility index (Phi) is 6.29. The Morgan fingerprint density at radius 1 is 1.36 bits per heavy atom. The molecule has 6 nitrogen and oxygen atoms in total. The van der Waals surface area contributed by atoms with Crippen LogP contribution in [0, 0.1) is 12.8 Å². The van der Waals surface area contributed by atoms with E-state index in [1.54, 1.807) is 21.7 Å². The number of ether oxygens (including phenoxy) is 2. The molecule has 2 heterocycles. The largest absolute Gasteiger partial charge is 0.454 e. The van der Waals surface area contributed by atoms with Crippen LogP contribution in [0.2, 0.25) is 5.15 Å². The van der Waals surface area contributed by atoms with E-state index in [1.165, 1.54) is 0 Å². The van der Waals surface area contributed by atoms with Crippen LogP contribution in [0.4, 0.5) is 0 Å². The van der Waals surface area contributed by atoms with Gasteiger partial charge in [0.05, 0.1) is 5.69 Å². The number of carbonyl (C=O) groups is 1. The van der Waals surface area contributed by atoms with Gasteiger partial charge < -0.3 is 14.4 Å². The lowest BCUT2D eigenvalue weighted by molar-refractivity contribution is -0.126. The van der Waals surface area contributed by atoms with Gasteiger partial charge in [0.2, 0.25) is 12.7 Å². The normalized spacial score (nSPS) is 12.9. The summed E-state index contributed by atoms with van der Waals surface area (Å²) in [4.78, 5) is 14.5. The molecular formula is C21H26ClN3O3. The number of likely N-dealkylation sites (N-methyl/N-ethyl adjacent to an activating group) is 1. The molecule has 150 valence electrons. The lowest BCUT2D eigenvalue weighted by Gasteiger charge is -2.19. The zero-order valence-electron chi connectivity index (χ0n) is 16.7. The molecule has 1 aliphatic heterocycles. The second-order valence-electron chi connectivity index (χ2n) is 7.24. The van der Waals surface area contributed by atoms with Gasteiger partial charge in [-0.2, -0.15) is 5.10 Å². The van der Waals surface area contributed by atoms with Crippen LogP contribution in [0.1, 0.15) is 37.6 Å². The summed E-state index contributed by atoms with van der Waals surface area (Å²) in [6.45, 7) is 10.2. The Morgan fingerprint density at radius 2 is 2.11 bits per heavy atom. The highest BCUT2D eigenvalue weighted by Crippen LogP contribution is 2.32. The summed E-state index contributed by atoms with van der Waals surface area (Å²) < 4.78 is 12.5. The monoisotopic (exact) mass is 403 g/mol. The van der Waals surface area contributed by atoms with Gasteiger partial charge in [-0.15, -0.1) is 0 Å². The van der Waals surface area contributed by atoms with Crippen molar-refractivity contribution in [1.82, 2.24) is 14.7 Å². The van der Waals surface area contributed by atoms with Gasteiger partial charge in [-0.3, -0.25) is 9.48 Å². The van der Waals surface area contributed by atoms with E-state index < -0.39 is 0 Å². The Balaban J connectivity index is 1.71. The van der Waals surface area contributed by atoms with Crippen LogP contribution in [0.5, 0.6) is 11.5 Å². The number of aromatic nitrogens is 2. The number of hydrogen-bond acceptors (Lipinski definition) is 4. The predicted molar refractivity (Wildman–Crippen MR) is 110 cm³/mol. The maximum atomic E-state index is 12.7. The predicted octanol–water partition coefficient (Wildman–Crippen LogP) is 4.29. The summed E-state index contributed by atoms with van der Waals surface area (Å²) in [7, 11) is 0. The fourth-order valence-corrected chi connectivity index (χ4v) is 3.40. The van der Waals surface area contributed by atoms with Gasteiger partial charge in [0.1, 0.15) is 5.15 Å².